The Hall–Kier alpha value is -0.330. The molecule has 0 radical (unpaired) electrons. The lowest BCUT2D eigenvalue weighted by Gasteiger charge is -2.30. The molecule has 0 aliphatic heterocycles. The van der Waals surface area contributed by atoms with E-state index in [1.807, 2.05) is 0 Å². The van der Waals surface area contributed by atoms with E-state index in [2.05, 4.69) is 13.8 Å². The maximum absolute atomic E-state index is 11.8. The lowest BCUT2D eigenvalue weighted by atomic mass is 9.73. The Bertz CT molecular complexity index is 197. The Morgan fingerprint density at radius 3 is 2.58 bits per heavy atom. The first kappa shape index (κ1) is 8.28. The largest absolute Gasteiger partial charge is 0.299 e. The molecule has 0 aromatic rings. The summed E-state index contributed by atoms with van der Waals surface area (Å²) in [5.74, 6) is 2.93. The van der Waals surface area contributed by atoms with E-state index in [0.717, 1.165) is 18.3 Å². The predicted octanol–water partition coefficient (Wildman–Crippen LogP) is 2.65. The molecule has 0 bridgehead atoms. The van der Waals surface area contributed by atoms with Gasteiger partial charge in [-0.15, -0.1) is 0 Å². The van der Waals surface area contributed by atoms with Gasteiger partial charge in [0.2, 0.25) is 0 Å². The quantitative estimate of drug-likeness (QED) is 0.540. The molecule has 0 amide bonds. The van der Waals surface area contributed by atoms with Gasteiger partial charge in [0.05, 0.1) is 0 Å². The first-order valence-corrected chi connectivity index (χ1v) is 5.24. The van der Waals surface area contributed by atoms with Crippen LogP contribution in [0.4, 0.5) is 0 Å². The second-order valence-electron chi connectivity index (χ2n) is 4.71. The van der Waals surface area contributed by atoms with Gasteiger partial charge in [-0.05, 0) is 37.5 Å². The lowest BCUT2D eigenvalue weighted by molar-refractivity contribution is -0.130. The number of hydrogen-bond donors (Lipinski definition) is 0. The maximum atomic E-state index is 11.8. The minimum atomic E-state index is 0.358. The highest BCUT2D eigenvalue weighted by Crippen LogP contribution is 2.45. The van der Waals surface area contributed by atoms with Crippen molar-refractivity contribution < 1.29 is 4.79 Å². The number of carbonyl (C=O) groups excluding carboxylic acids is 1. The minimum absolute atomic E-state index is 0.358. The summed E-state index contributed by atoms with van der Waals surface area (Å²) in [6, 6.07) is 0. The van der Waals surface area contributed by atoms with Crippen molar-refractivity contribution in [2.24, 2.45) is 23.7 Å². The van der Waals surface area contributed by atoms with Gasteiger partial charge in [0.25, 0.3) is 0 Å². The van der Waals surface area contributed by atoms with Crippen molar-refractivity contribution in [3.05, 3.63) is 0 Å². The van der Waals surface area contributed by atoms with Gasteiger partial charge in [-0.3, -0.25) is 4.79 Å². The van der Waals surface area contributed by atoms with Gasteiger partial charge in [-0.1, -0.05) is 13.8 Å². The predicted molar refractivity (Wildman–Crippen MR) is 48.8 cm³/mol. The molecule has 4 atom stereocenters. The monoisotopic (exact) mass is 166 g/mol. The number of fused-ring (bicyclic) bond motifs is 1. The van der Waals surface area contributed by atoms with Crippen molar-refractivity contribution in [1.29, 1.82) is 0 Å². The standard InChI is InChI=1S/C11H18O/c1-7-3-6-10-9(7)5-4-8(2)11(10)12/h7-10H,3-6H2,1-2H3/t7-,8-,9+,10-/m0/s1. The van der Waals surface area contributed by atoms with E-state index in [9.17, 15) is 4.79 Å². The molecule has 0 heterocycles. The van der Waals surface area contributed by atoms with E-state index < -0.39 is 0 Å². The lowest BCUT2D eigenvalue weighted by Crippen LogP contribution is -2.32. The second kappa shape index (κ2) is 2.86. The maximum Gasteiger partial charge on any atom is 0.139 e. The van der Waals surface area contributed by atoms with Crippen molar-refractivity contribution >= 4 is 5.78 Å². The molecule has 0 saturated heterocycles. The first-order valence-electron chi connectivity index (χ1n) is 5.24. The molecule has 1 heteroatoms. The summed E-state index contributed by atoms with van der Waals surface area (Å²) in [6.45, 7) is 4.41. The highest BCUT2D eigenvalue weighted by atomic mass is 16.1. The van der Waals surface area contributed by atoms with Crippen LogP contribution in [0.1, 0.15) is 39.5 Å². The zero-order valence-electron chi connectivity index (χ0n) is 8.05. The average Bonchev–Trinajstić information content (AvgIpc) is 2.41. The van der Waals surface area contributed by atoms with E-state index >= 15 is 0 Å². The zero-order valence-corrected chi connectivity index (χ0v) is 8.05. The van der Waals surface area contributed by atoms with Gasteiger partial charge in [0.1, 0.15) is 5.78 Å². The summed E-state index contributed by atoms with van der Waals surface area (Å²) in [6.07, 6.45) is 4.91. The van der Waals surface area contributed by atoms with Gasteiger partial charge < -0.3 is 0 Å². The Balaban J connectivity index is 2.14. The number of Topliss-reactive ketones (excluding diaryl/α,β-unsaturated/α-hetero) is 1. The molecular weight excluding hydrogens is 148 g/mol. The van der Waals surface area contributed by atoms with Crippen LogP contribution in [0.2, 0.25) is 0 Å². The SMILES string of the molecule is C[C@H]1CC[C@H]2[C@H](CC[C@@H]2C)C1=O. The Kier molecular flexibility index (Phi) is 1.97. The van der Waals surface area contributed by atoms with Crippen molar-refractivity contribution in [2.75, 3.05) is 0 Å². The third kappa shape index (κ3) is 1.10. The molecular formula is C11H18O. The zero-order chi connectivity index (χ0) is 8.72. The summed E-state index contributed by atoms with van der Waals surface area (Å²) < 4.78 is 0. The van der Waals surface area contributed by atoms with Crippen LogP contribution in [0.25, 0.3) is 0 Å². The number of carbonyl (C=O) groups is 1. The number of rotatable bonds is 0. The summed E-state index contributed by atoms with van der Waals surface area (Å²) in [4.78, 5) is 11.8. The van der Waals surface area contributed by atoms with Crippen LogP contribution in [0.5, 0.6) is 0 Å². The van der Waals surface area contributed by atoms with Crippen LogP contribution in [0.15, 0.2) is 0 Å². The number of ketones is 1. The van der Waals surface area contributed by atoms with E-state index in [0.29, 0.717) is 17.6 Å². The molecule has 1 nitrogen and oxygen atoms in total. The molecule has 0 spiro atoms. The molecule has 0 unspecified atom stereocenters. The molecule has 2 rings (SSSR count). The Morgan fingerprint density at radius 2 is 1.83 bits per heavy atom. The van der Waals surface area contributed by atoms with Crippen molar-refractivity contribution in [2.45, 2.75) is 39.5 Å². The topological polar surface area (TPSA) is 17.1 Å². The highest BCUT2D eigenvalue weighted by Gasteiger charge is 2.42. The van der Waals surface area contributed by atoms with Crippen LogP contribution in [-0.4, -0.2) is 5.78 Å². The summed E-state index contributed by atoms with van der Waals surface area (Å²) in [5.41, 5.74) is 0. The van der Waals surface area contributed by atoms with Gasteiger partial charge in [-0.25, -0.2) is 0 Å². The summed E-state index contributed by atoms with van der Waals surface area (Å²) >= 11 is 0. The highest BCUT2D eigenvalue weighted by molar-refractivity contribution is 5.84. The van der Waals surface area contributed by atoms with E-state index in [1.54, 1.807) is 0 Å². The first-order chi connectivity index (χ1) is 5.70. The summed E-state index contributed by atoms with van der Waals surface area (Å²) in [7, 11) is 0. The normalized spacial score (nSPS) is 47.7. The minimum Gasteiger partial charge on any atom is -0.299 e. The molecule has 68 valence electrons. The molecule has 0 aromatic heterocycles. The van der Waals surface area contributed by atoms with Gasteiger partial charge in [-0.2, -0.15) is 0 Å². The van der Waals surface area contributed by atoms with Gasteiger partial charge >= 0.3 is 0 Å². The average molecular weight is 166 g/mol. The third-order valence-electron chi connectivity index (χ3n) is 3.96. The van der Waals surface area contributed by atoms with Gasteiger partial charge in [0.15, 0.2) is 0 Å². The molecule has 0 aromatic carbocycles. The molecule has 2 fully saturated rings. The summed E-state index contributed by atoms with van der Waals surface area (Å²) in [5, 5.41) is 0. The van der Waals surface area contributed by atoms with E-state index in [-0.39, 0.29) is 0 Å². The third-order valence-corrected chi connectivity index (χ3v) is 3.96. The van der Waals surface area contributed by atoms with E-state index in [1.165, 1.54) is 19.3 Å². The fourth-order valence-electron chi connectivity index (χ4n) is 3.06. The Labute approximate surface area is 74.5 Å². The molecule has 2 aliphatic carbocycles. The van der Waals surface area contributed by atoms with Crippen molar-refractivity contribution in [1.82, 2.24) is 0 Å². The van der Waals surface area contributed by atoms with E-state index in [4.69, 9.17) is 0 Å². The van der Waals surface area contributed by atoms with Gasteiger partial charge in [0, 0.05) is 11.8 Å². The molecule has 12 heavy (non-hydrogen) atoms. The van der Waals surface area contributed by atoms with Crippen molar-refractivity contribution in [3.8, 4) is 0 Å². The fraction of sp³-hybridized carbons (Fsp3) is 0.909. The van der Waals surface area contributed by atoms with Crippen molar-refractivity contribution in [3.63, 3.8) is 0 Å². The smallest absolute Gasteiger partial charge is 0.139 e. The molecule has 0 N–H and O–H groups in total. The van der Waals surface area contributed by atoms with Crippen LogP contribution in [0.3, 0.4) is 0 Å². The van der Waals surface area contributed by atoms with Crippen LogP contribution in [-0.2, 0) is 4.79 Å². The molecule has 2 saturated carbocycles. The Morgan fingerprint density at radius 1 is 1.08 bits per heavy atom. The number of hydrogen-bond acceptors (Lipinski definition) is 1. The van der Waals surface area contributed by atoms with Crippen LogP contribution < -0.4 is 0 Å². The molecule has 2 aliphatic rings. The fourth-order valence-corrected chi connectivity index (χ4v) is 3.06. The van der Waals surface area contributed by atoms with Crippen LogP contribution in [0, 0.1) is 23.7 Å². The second-order valence-corrected chi connectivity index (χ2v) is 4.71. The van der Waals surface area contributed by atoms with Crippen LogP contribution >= 0.6 is 0 Å².